The van der Waals surface area contributed by atoms with Gasteiger partial charge in [-0.15, -0.1) is 0 Å². The Kier molecular flexibility index (Phi) is 6.89. The van der Waals surface area contributed by atoms with E-state index in [1.165, 1.54) is 56.9 Å². The molecule has 1 unspecified atom stereocenters. The molecule has 1 aromatic rings. The summed E-state index contributed by atoms with van der Waals surface area (Å²) in [5, 5.41) is 4.56. The number of hydrogen-bond acceptors (Lipinski definition) is 1. The fraction of sp³-hybridized carbons (Fsp3) is 0.667. The second-order valence-corrected chi connectivity index (χ2v) is 6.59. The first-order valence-electron chi connectivity index (χ1n) is 8.28. The third kappa shape index (κ3) is 5.10. The molecule has 1 aliphatic carbocycles. The van der Waals surface area contributed by atoms with Gasteiger partial charge in [-0.1, -0.05) is 69.2 Å². The molecule has 1 nitrogen and oxygen atoms in total. The van der Waals surface area contributed by atoms with Gasteiger partial charge in [0.25, 0.3) is 0 Å². The van der Waals surface area contributed by atoms with Crippen molar-refractivity contribution < 1.29 is 0 Å². The van der Waals surface area contributed by atoms with Crippen LogP contribution in [-0.4, -0.2) is 6.54 Å². The standard InChI is InChI=1S/C18H28ClN/c1-2-13-20-18(16-9-11-17(19)12-10-16)14-15-7-5-3-4-6-8-15/h9-12,15,18,20H,2-8,13-14H2,1H3. The van der Waals surface area contributed by atoms with Crippen LogP contribution in [0.3, 0.4) is 0 Å². The highest BCUT2D eigenvalue weighted by Gasteiger charge is 2.19. The summed E-state index contributed by atoms with van der Waals surface area (Å²) >= 11 is 6.01. The monoisotopic (exact) mass is 293 g/mol. The molecule has 0 saturated heterocycles. The Morgan fingerprint density at radius 1 is 1.10 bits per heavy atom. The number of nitrogens with one attached hydrogen (secondary N) is 1. The van der Waals surface area contributed by atoms with E-state index in [-0.39, 0.29) is 0 Å². The fourth-order valence-electron chi connectivity index (χ4n) is 3.28. The zero-order chi connectivity index (χ0) is 14.2. The Labute approximate surface area is 129 Å². The summed E-state index contributed by atoms with van der Waals surface area (Å²) in [5.41, 5.74) is 1.40. The number of halogens is 1. The van der Waals surface area contributed by atoms with Gasteiger partial charge in [0.05, 0.1) is 0 Å². The first-order chi connectivity index (χ1) is 9.79. The van der Waals surface area contributed by atoms with Crippen LogP contribution in [0.1, 0.15) is 69.9 Å². The molecule has 0 amide bonds. The molecule has 0 bridgehead atoms. The minimum absolute atomic E-state index is 0.496. The molecule has 2 rings (SSSR count). The summed E-state index contributed by atoms with van der Waals surface area (Å²) in [6.07, 6.45) is 11.0. The lowest BCUT2D eigenvalue weighted by atomic mass is 9.89. The van der Waals surface area contributed by atoms with Crippen LogP contribution in [0.5, 0.6) is 0 Å². The topological polar surface area (TPSA) is 12.0 Å². The van der Waals surface area contributed by atoms with Gasteiger partial charge in [0.2, 0.25) is 0 Å². The molecular weight excluding hydrogens is 266 g/mol. The van der Waals surface area contributed by atoms with Gasteiger partial charge in [-0.2, -0.15) is 0 Å². The normalized spacial score (nSPS) is 18.7. The van der Waals surface area contributed by atoms with Gasteiger partial charge in [0.1, 0.15) is 0 Å². The molecule has 1 N–H and O–H groups in total. The Morgan fingerprint density at radius 2 is 1.75 bits per heavy atom. The molecule has 1 atom stereocenters. The Bertz CT molecular complexity index is 366. The van der Waals surface area contributed by atoms with Crippen LogP contribution in [0.15, 0.2) is 24.3 Å². The van der Waals surface area contributed by atoms with E-state index in [4.69, 9.17) is 11.6 Å². The predicted molar refractivity (Wildman–Crippen MR) is 88.3 cm³/mol. The zero-order valence-electron chi connectivity index (χ0n) is 12.7. The second-order valence-electron chi connectivity index (χ2n) is 6.15. The Morgan fingerprint density at radius 3 is 2.35 bits per heavy atom. The third-order valence-electron chi connectivity index (χ3n) is 4.46. The molecule has 1 saturated carbocycles. The van der Waals surface area contributed by atoms with Crippen molar-refractivity contribution in [3.05, 3.63) is 34.9 Å². The zero-order valence-corrected chi connectivity index (χ0v) is 13.5. The minimum Gasteiger partial charge on any atom is -0.310 e. The van der Waals surface area contributed by atoms with Crippen LogP contribution in [-0.2, 0) is 0 Å². The van der Waals surface area contributed by atoms with Crippen LogP contribution in [0.2, 0.25) is 5.02 Å². The molecular formula is C18H28ClN. The molecule has 1 aliphatic rings. The van der Waals surface area contributed by atoms with Crippen molar-refractivity contribution in [1.29, 1.82) is 0 Å². The van der Waals surface area contributed by atoms with E-state index in [1.54, 1.807) is 0 Å². The van der Waals surface area contributed by atoms with Gasteiger partial charge >= 0.3 is 0 Å². The van der Waals surface area contributed by atoms with Crippen LogP contribution >= 0.6 is 11.6 Å². The first-order valence-corrected chi connectivity index (χ1v) is 8.66. The van der Waals surface area contributed by atoms with Crippen molar-refractivity contribution in [2.45, 2.75) is 64.3 Å². The van der Waals surface area contributed by atoms with Gasteiger partial charge < -0.3 is 5.32 Å². The summed E-state index contributed by atoms with van der Waals surface area (Å²) in [6, 6.07) is 8.91. The van der Waals surface area contributed by atoms with Gasteiger partial charge in [-0.05, 0) is 43.0 Å². The highest BCUT2D eigenvalue weighted by molar-refractivity contribution is 6.30. The van der Waals surface area contributed by atoms with E-state index >= 15 is 0 Å². The molecule has 1 fully saturated rings. The third-order valence-corrected chi connectivity index (χ3v) is 4.71. The molecule has 0 aromatic heterocycles. The SMILES string of the molecule is CCCNC(CC1CCCCCC1)c1ccc(Cl)cc1. The fourth-order valence-corrected chi connectivity index (χ4v) is 3.41. The summed E-state index contributed by atoms with van der Waals surface area (Å²) < 4.78 is 0. The van der Waals surface area contributed by atoms with E-state index in [0.29, 0.717) is 6.04 Å². The lowest BCUT2D eigenvalue weighted by Gasteiger charge is -2.24. The number of benzene rings is 1. The highest BCUT2D eigenvalue weighted by atomic mass is 35.5. The molecule has 0 aliphatic heterocycles. The van der Waals surface area contributed by atoms with Crippen molar-refractivity contribution in [2.24, 2.45) is 5.92 Å². The number of rotatable bonds is 6. The van der Waals surface area contributed by atoms with Crippen molar-refractivity contribution >= 4 is 11.6 Å². The molecule has 2 heteroatoms. The van der Waals surface area contributed by atoms with Gasteiger partial charge in [0.15, 0.2) is 0 Å². The molecule has 0 heterocycles. The summed E-state index contributed by atoms with van der Waals surface area (Å²) in [6.45, 7) is 3.33. The van der Waals surface area contributed by atoms with Crippen LogP contribution < -0.4 is 5.32 Å². The average molecular weight is 294 g/mol. The van der Waals surface area contributed by atoms with Crippen LogP contribution in [0.25, 0.3) is 0 Å². The lowest BCUT2D eigenvalue weighted by Crippen LogP contribution is -2.24. The molecule has 0 radical (unpaired) electrons. The van der Waals surface area contributed by atoms with E-state index in [2.05, 4.69) is 24.4 Å². The maximum absolute atomic E-state index is 6.01. The summed E-state index contributed by atoms with van der Waals surface area (Å²) in [5.74, 6) is 0.891. The van der Waals surface area contributed by atoms with Gasteiger partial charge in [-0.25, -0.2) is 0 Å². The van der Waals surface area contributed by atoms with E-state index in [1.807, 2.05) is 12.1 Å². The predicted octanol–water partition coefficient (Wildman–Crippen LogP) is 5.74. The Balaban J connectivity index is 2.00. The van der Waals surface area contributed by atoms with E-state index in [9.17, 15) is 0 Å². The molecule has 20 heavy (non-hydrogen) atoms. The van der Waals surface area contributed by atoms with Crippen LogP contribution in [0.4, 0.5) is 0 Å². The van der Waals surface area contributed by atoms with E-state index < -0.39 is 0 Å². The minimum atomic E-state index is 0.496. The largest absolute Gasteiger partial charge is 0.310 e. The van der Waals surface area contributed by atoms with Crippen molar-refractivity contribution in [2.75, 3.05) is 6.54 Å². The Hall–Kier alpha value is -0.530. The van der Waals surface area contributed by atoms with Crippen molar-refractivity contribution in [3.63, 3.8) is 0 Å². The van der Waals surface area contributed by atoms with Crippen LogP contribution in [0, 0.1) is 5.92 Å². The molecule has 1 aromatic carbocycles. The second kappa shape index (κ2) is 8.69. The van der Waals surface area contributed by atoms with Crippen molar-refractivity contribution in [3.8, 4) is 0 Å². The lowest BCUT2D eigenvalue weighted by molar-refractivity contribution is 0.356. The molecule has 112 valence electrons. The van der Waals surface area contributed by atoms with Gasteiger partial charge in [-0.3, -0.25) is 0 Å². The maximum atomic E-state index is 6.01. The average Bonchev–Trinajstić information content (AvgIpc) is 2.73. The highest BCUT2D eigenvalue weighted by Crippen LogP contribution is 2.31. The maximum Gasteiger partial charge on any atom is 0.0406 e. The summed E-state index contributed by atoms with van der Waals surface area (Å²) in [4.78, 5) is 0. The van der Waals surface area contributed by atoms with E-state index in [0.717, 1.165) is 17.5 Å². The molecule has 0 spiro atoms. The van der Waals surface area contributed by atoms with Crippen molar-refractivity contribution in [1.82, 2.24) is 5.32 Å². The first kappa shape index (κ1) is 15.9. The quantitative estimate of drug-likeness (QED) is 0.659. The number of hydrogen-bond donors (Lipinski definition) is 1. The van der Waals surface area contributed by atoms with Gasteiger partial charge in [0, 0.05) is 11.1 Å². The summed E-state index contributed by atoms with van der Waals surface area (Å²) in [7, 11) is 0. The smallest absolute Gasteiger partial charge is 0.0406 e.